The zero-order valence-corrected chi connectivity index (χ0v) is 15.5. The molecule has 4 nitrogen and oxygen atoms in total. The fraction of sp³-hybridized carbons (Fsp3) is 0.389. The molecule has 6 heteroatoms. The lowest BCUT2D eigenvalue weighted by Gasteiger charge is -2.32. The molecule has 2 aromatic rings. The maximum atomic E-state index is 6.12. The summed E-state index contributed by atoms with van der Waals surface area (Å²) in [6.45, 7) is 8.23. The van der Waals surface area contributed by atoms with Crippen LogP contribution in [0.15, 0.2) is 48.2 Å². The fourth-order valence-electron chi connectivity index (χ4n) is 2.54. The van der Waals surface area contributed by atoms with Crippen LogP contribution in [0.3, 0.4) is 0 Å². The minimum Gasteiger partial charge on any atom is -0.400 e. The number of aromatic nitrogens is 2. The SMILES string of the molecule is CC1(C)OB(C(=Cc2ccc(-n3cccn3)cc2)CS)OC1(C)C. The largest absolute Gasteiger partial charge is 0.491 e. The number of hydrogen-bond acceptors (Lipinski definition) is 4. The van der Waals surface area contributed by atoms with Crippen molar-refractivity contribution in [1.29, 1.82) is 0 Å². The molecule has 24 heavy (non-hydrogen) atoms. The molecule has 1 aromatic carbocycles. The van der Waals surface area contributed by atoms with Gasteiger partial charge in [-0.15, -0.1) is 0 Å². The third-order valence-electron chi connectivity index (χ3n) is 4.75. The summed E-state index contributed by atoms with van der Waals surface area (Å²) in [4.78, 5) is 0. The Balaban J connectivity index is 1.81. The fourth-order valence-corrected chi connectivity index (χ4v) is 2.78. The Morgan fingerprint density at radius 1 is 1.17 bits per heavy atom. The van der Waals surface area contributed by atoms with Crippen LogP contribution in [0.4, 0.5) is 0 Å². The molecule has 0 amide bonds. The molecule has 126 valence electrons. The van der Waals surface area contributed by atoms with Gasteiger partial charge in [0.15, 0.2) is 0 Å². The highest BCUT2D eigenvalue weighted by Gasteiger charge is 2.52. The summed E-state index contributed by atoms with van der Waals surface area (Å²) in [5.41, 5.74) is 2.45. The van der Waals surface area contributed by atoms with Crippen LogP contribution in [-0.2, 0) is 9.31 Å². The van der Waals surface area contributed by atoms with E-state index in [4.69, 9.17) is 9.31 Å². The first-order chi connectivity index (χ1) is 11.3. The van der Waals surface area contributed by atoms with Crippen molar-refractivity contribution in [1.82, 2.24) is 9.78 Å². The number of hydrogen-bond donors (Lipinski definition) is 1. The van der Waals surface area contributed by atoms with Crippen LogP contribution in [0.5, 0.6) is 0 Å². The lowest BCUT2D eigenvalue weighted by molar-refractivity contribution is 0.00578. The molecular formula is C18H23BN2O2S. The number of benzene rings is 1. The molecule has 2 heterocycles. The van der Waals surface area contributed by atoms with Crippen LogP contribution in [0.2, 0.25) is 0 Å². The maximum absolute atomic E-state index is 6.12. The van der Waals surface area contributed by atoms with Crippen LogP contribution < -0.4 is 0 Å². The summed E-state index contributed by atoms with van der Waals surface area (Å²) in [5.74, 6) is 0.581. The monoisotopic (exact) mass is 342 g/mol. The third-order valence-corrected chi connectivity index (χ3v) is 5.12. The molecule has 0 spiro atoms. The molecule has 1 fully saturated rings. The van der Waals surface area contributed by atoms with Gasteiger partial charge in [-0.1, -0.05) is 18.2 Å². The van der Waals surface area contributed by atoms with E-state index in [0.717, 1.165) is 16.7 Å². The summed E-state index contributed by atoms with van der Waals surface area (Å²) >= 11 is 4.46. The van der Waals surface area contributed by atoms with Gasteiger partial charge in [0.1, 0.15) is 0 Å². The highest BCUT2D eigenvalue weighted by atomic mass is 32.1. The molecule has 1 aliphatic heterocycles. The number of rotatable bonds is 4. The Hall–Kier alpha value is -1.50. The van der Waals surface area contributed by atoms with Crippen molar-refractivity contribution < 1.29 is 9.31 Å². The minimum absolute atomic E-state index is 0.344. The molecule has 0 N–H and O–H groups in total. The van der Waals surface area contributed by atoms with Gasteiger partial charge >= 0.3 is 7.12 Å². The van der Waals surface area contributed by atoms with E-state index < -0.39 is 0 Å². The van der Waals surface area contributed by atoms with Gasteiger partial charge in [0.05, 0.1) is 16.9 Å². The van der Waals surface area contributed by atoms with Gasteiger partial charge in [0, 0.05) is 18.1 Å². The molecule has 0 radical (unpaired) electrons. The Kier molecular flexibility index (Phi) is 4.64. The molecule has 0 bridgehead atoms. The summed E-state index contributed by atoms with van der Waals surface area (Å²) in [7, 11) is -0.363. The highest BCUT2D eigenvalue weighted by Crippen LogP contribution is 2.39. The van der Waals surface area contributed by atoms with E-state index in [-0.39, 0.29) is 18.3 Å². The summed E-state index contributed by atoms with van der Waals surface area (Å²) in [6, 6.07) is 10.1. The Bertz CT molecular complexity index is 708. The summed E-state index contributed by atoms with van der Waals surface area (Å²) < 4.78 is 14.1. The highest BCUT2D eigenvalue weighted by molar-refractivity contribution is 7.80. The molecular weight excluding hydrogens is 319 g/mol. The zero-order valence-electron chi connectivity index (χ0n) is 14.6. The van der Waals surface area contributed by atoms with Crippen LogP contribution in [0, 0.1) is 0 Å². The van der Waals surface area contributed by atoms with Crippen molar-refractivity contribution in [3.63, 3.8) is 0 Å². The van der Waals surface area contributed by atoms with E-state index in [1.807, 2.05) is 29.1 Å². The third kappa shape index (κ3) is 3.32. The van der Waals surface area contributed by atoms with Crippen molar-refractivity contribution in [2.45, 2.75) is 38.9 Å². The zero-order chi connectivity index (χ0) is 17.4. The van der Waals surface area contributed by atoms with Crippen molar-refractivity contribution in [2.24, 2.45) is 0 Å². The second kappa shape index (κ2) is 6.43. The lowest BCUT2D eigenvalue weighted by atomic mass is 9.78. The van der Waals surface area contributed by atoms with Gasteiger partial charge in [-0.25, -0.2) is 4.68 Å². The first-order valence-corrected chi connectivity index (χ1v) is 8.73. The second-order valence-electron chi connectivity index (χ2n) is 7.01. The maximum Gasteiger partial charge on any atom is 0.491 e. The first kappa shape index (κ1) is 17.3. The van der Waals surface area contributed by atoms with E-state index in [1.54, 1.807) is 6.20 Å². The Morgan fingerprint density at radius 2 is 1.79 bits per heavy atom. The normalized spacial score (nSPS) is 19.7. The van der Waals surface area contributed by atoms with Gasteiger partial charge in [-0.2, -0.15) is 17.7 Å². The minimum atomic E-state index is -0.363. The van der Waals surface area contributed by atoms with Crippen LogP contribution in [0.25, 0.3) is 11.8 Å². The summed E-state index contributed by atoms with van der Waals surface area (Å²) in [6.07, 6.45) is 5.78. The van der Waals surface area contributed by atoms with Gasteiger partial charge in [-0.05, 0) is 56.9 Å². The predicted octanol–water partition coefficient (Wildman–Crippen LogP) is 3.82. The molecule has 0 aliphatic carbocycles. The topological polar surface area (TPSA) is 36.3 Å². The lowest BCUT2D eigenvalue weighted by Crippen LogP contribution is -2.41. The second-order valence-corrected chi connectivity index (χ2v) is 7.32. The molecule has 0 saturated carbocycles. The van der Waals surface area contributed by atoms with Gasteiger partial charge in [0.25, 0.3) is 0 Å². The van der Waals surface area contributed by atoms with Gasteiger partial charge in [-0.3, -0.25) is 0 Å². The molecule has 0 unspecified atom stereocenters. The van der Waals surface area contributed by atoms with Crippen molar-refractivity contribution in [2.75, 3.05) is 5.75 Å². The number of nitrogens with zero attached hydrogens (tertiary/aromatic N) is 2. The summed E-state index contributed by atoms with van der Waals surface area (Å²) in [5, 5.41) is 4.24. The van der Waals surface area contributed by atoms with E-state index in [2.05, 4.69) is 63.6 Å². The average Bonchev–Trinajstić information content (AvgIpc) is 3.12. The van der Waals surface area contributed by atoms with E-state index in [0.29, 0.717) is 5.75 Å². The van der Waals surface area contributed by atoms with Gasteiger partial charge < -0.3 is 9.31 Å². The van der Waals surface area contributed by atoms with E-state index >= 15 is 0 Å². The molecule has 0 atom stereocenters. The van der Waals surface area contributed by atoms with Crippen LogP contribution in [0.1, 0.15) is 33.3 Å². The van der Waals surface area contributed by atoms with Gasteiger partial charge in [0.2, 0.25) is 0 Å². The van der Waals surface area contributed by atoms with Crippen molar-refractivity contribution in [3.05, 3.63) is 53.8 Å². The molecule has 1 aliphatic rings. The smallest absolute Gasteiger partial charge is 0.400 e. The predicted molar refractivity (Wildman–Crippen MR) is 101 cm³/mol. The number of thiol groups is 1. The molecule has 3 rings (SSSR count). The van der Waals surface area contributed by atoms with Crippen molar-refractivity contribution in [3.8, 4) is 5.69 Å². The molecule has 1 saturated heterocycles. The standard InChI is InChI=1S/C18H23BN2O2S/c1-17(2)18(3,4)23-19(22-17)15(13-24)12-14-6-8-16(9-7-14)21-11-5-10-20-21/h5-12,24H,13H2,1-4H3. The Morgan fingerprint density at radius 3 is 2.29 bits per heavy atom. The first-order valence-electron chi connectivity index (χ1n) is 8.09. The van der Waals surface area contributed by atoms with E-state index in [1.165, 1.54) is 0 Å². The quantitative estimate of drug-likeness (QED) is 0.678. The van der Waals surface area contributed by atoms with Crippen LogP contribution >= 0.6 is 12.6 Å². The van der Waals surface area contributed by atoms with E-state index in [9.17, 15) is 0 Å². The van der Waals surface area contributed by atoms with Crippen molar-refractivity contribution >= 4 is 25.8 Å². The molecule has 1 aromatic heterocycles. The van der Waals surface area contributed by atoms with Crippen LogP contribution in [-0.4, -0.2) is 33.9 Å². The average molecular weight is 342 g/mol. The Labute approximate surface area is 149 Å².